The van der Waals surface area contributed by atoms with E-state index < -0.39 is 18.9 Å². The van der Waals surface area contributed by atoms with Crippen LogP contribution < -0.4 is 4.74 Å². The van der Waals surface area contributed by atoms with Crippen molar-refractivity contribution in [1.29, 1.82) is 0 Å². The molecule has 0 bridgehead atoms. The molecule has 0 N–H and O–H groups in total. The van der Waals surface area contributed by atoms with E-state index in [2.05, 4.69) is 0 Å². The molecule has 0 atom stereocenters. The molecular formula is C11H14ClNO6S. The normalized spacial score (nSPS) is 11.6. The van der Waals surface area contributed by atoms with Crippen molar-refractivity contribution >= 4 is 25.4 Å². The molecule has 112 valence electrons. The Morgan fingerprint density at radius 1 is 1.35 bits per heavy atom. The van der Waals surface area contributed by atoms with Crippen LogP contribution in [0.15, 0.2) is 23.1 Å². The molecule has 7 nitrogen and oxygen atoms in total. The maximum atomic E-state index is 11.4. The zero-order valence-corrected chi connectivity index (χ0v) is 12.5. The monoisotopic (exact) mass is 323 g/mol. The van der Waals surface area contributed by atoms with E-state index in [9.17, 15) is 18.5 Å². The fourth-order valence-corrected chi connectivity index (χ4v) is 2.35. The van der Waals surface area contributed by atoms with Crippen LogP contribution in [-0.4, -0.2) is 32.7 Å². The van der Waals surface area contributed by atoms with Crippen LogP contribution in [0.25, 0.3) is 0 Å². The summed E-state index contributed by atoms with van der Waals surface area (Å²) >= 11 is 0. The van der Waals surface area contributed by atoms with Crippen molar-refractivity contribution in [2.75, 3.05) is 13.2 Å². The van der Waals surface area contributed by atoms with Crippen LogP contribution in [0.4, 0.5) is 5.69 Å². The minimum atomic E-state index is -4.14. The van der Waals surface area contributed by atoms with E-state index in [4.69, 9.17) is 20.2 Å². The first-order valence-electron chi connectivity index (χ1n) is 5.69. The van der Waals surface area contributed by atoms with Gasteiger partial charge >= 0.3 is 0 Å². The van der Waals surface area contributed by atoms with Gasteiger partial charge in [0.05, 0.1) is 17.6 Å². The molecule has 0 aromatic heterocycles. The Kier molecular flexibility index (Phi) is 5.73. The summed E-state index contributed by atoms with van der Waals surface area (Å²) in [6.45, 7) is 4.06. The highest BCUT2D eigenvalue weighted by molar-refractivity contribution is 8.13. The van der Waals surface area contributed by atoms with E-state index >= 15 is 0 Å². The predicted molar refractivity (Wildman–Crippen MR) is 72.7 cm³/mol. The minimum absolute atomic E-state index is 0.0201. The Balaban J connectivity index is 2.93. The smallest absolute Gasteiger partial charge is 0.271 e. The zero-order chi connectivity index (χ0) is 15.3. The standard InChI is InChI=1S/C11H14ClNO6S/c1-8(2)18-5-6-19-10-4-3-9(13(14)15)7-11(10)20(12,16)17/h3-4,7-8H,5-6H2,1-2H3. The molecule has 0 spiro atoms. The van der Waals surface area contributed by atoms with Crippen molar-refractivity contribution in [3.63, 3.8) is 0 Å². The van der Waals surface area contributed by atoms with Gasteiger partial charge in [-0.25, -0.2) is 8.42 Å². The third-order valence-electron chi connectivity index (χ3n) is 2.19. The molecule has 20 heavy (non-hydrogen) atoms. The lowest BCUT2D eigenvalue weighted by Gasteiger charge is -2.11. The largest absolute Gasteiger partial charge is 0.490 e. The summed E-state index contributed by atoms with van der Waals surface area (Å²) in [5.41, 5.74) is -0.380. The van der Waals surface area contributed by atoms with E-state index in [1.165, 1.54) is 6.07 Å². The molecule has 0 fully saturated rings. The second-order valence-corrected chi connectivity index (χ2v) is 6.63. The summed E-state index contributed by atoms with van der Waals surface area (Å²) in [6.07, 6.45) is 0.0201. The van der Waals surface area contributed by atoms with Crippen LogP contribution in [-0.2, 0) is 13.8 Å². The van der Waals surface area contributed by atoms with Crippen molar-refractivity contribution in [2.24, 2.45) is 0 Å². The number of hydrogen-bond acceptors (Lipinski definition) is 6. The summed E-state index contributed by atoms with van der Waals surface area (Å²) in [7, 11) is 1.10. The molecule has 0 radical (unpaired) electrons. The summed E-state index contributed by atoms with van der Waals surface area (Å²) < 4.78 is 33.3. The van der Waals surface area contributed by atoms with E-state index in [-0.39, 0.29) is 30.8 Å². The van der Waals surface area contributed by atoms with Crippen molar-refractivity contribution in [3.8, 4) is 5.75 Å². The van der Waals surface area contributed by atoms with E-state index in [1.807, 2.05) is 13.8 Å². The van der Waals surface area contributed by atoms with Gasteiger partial charge in [-0.2, -0.15) is 0 Å². The number of ether oxygens (including phenoxy) is 2. The highest BCUT2D eigenvalue weighted by atomic mass is 35.7. The van der Waals surface area contributed by atoms with Crippen molar-refractivity contribution in [3.05, 3.63) is 28.3 Å². The number of benzene rings is 1. The highest BCUT2D eigenvalue weighted by Gasteiger charge is 2.21. The Morgan fingerprint density at radius 3 is 2.50 bits per heavy atom. The van der Waals surface area contributed by atoms with E-state index in [0.29, 0.717) is 0 Å². The van der Waals surface area contributed by atoms with Gasteiger partial charge in [-0.1, -0.05) is 0 Å². The van der Waals surface area contributed by atoms with Gasteiger partial charge in [0.2, 0.25) is 0 Å². The number of nitro groups is 1. The van der Waals surface area contributed by atoms with E-state index in [0.717, 1.165) is 12.1 Å². The molecule has 9 heteroatoms. The van der Waals surface area contributed by atoms with Gasteiger partial charge in [-0.15, -0.1) is 0 Å². The van der Waals surface area contributed by atoms with Crippen LogP contribution in [0, 0.1) is 10.1 Å². The second-order valence-electron chi connectivity index (χ2n) is 4.09. The van der Waals surface area contributed by atoms with Crippen molar-refractivity contribution in [1.82, 2.24) is 0 Å². The van der Waals surface area contributed by atoms with Crippen LogP contribution in [0.2, 0.25) is 0 Å². The lowest BCUT2D eigenvalue weighted by molar-refractivity contribution is -0.385. The summed E-state index contributed by atoms with van der Waals surface area (Å²) in [5.74, 6) is -0.0436. The van der Waals surface area contributed by atoms with Gasteiger partial charge in [-0.05, 0) is 19.9 Å². The Hall–Kier alpha value is -1.38. The van der Waals surface area contributed by atoms with Crippen molar-refractivity contribution < 1.29 is 22.8 Å². The van der Waals surface area contributed by atoms with Crippen LogP contribution >= 0.6 is 10.7 Å². The second kappa shape index (κ2) is 6.87. The quantitative estimate of drug-likeness (QED) is 0.331. The lowest BCUT2D eigenvalue weighted by atomic mass is 10.3. The third-order valence-corrected chi connectivity index (χ3v) is 3.54. The summed E-state index contributed by atoms with van der Waals surface area (Å²) in [4.78, 5) is 9.49. The molecule has 0 saturated carbocycles. The zero-order valence-electron chi connectivity index (χ0n) is 10.9. The summed E-state index contributed by atoms with van der Waals surface area (Å²) in [6, 6.07) is 3.20. The number of rotatable bonds is 7. The molecule has 0 unspecified atom stereocenters. The number of non-ortho nitro benzene ring substituents is 1. The molecule has 1 aromatic carbocycles. The molecular weight excluding hydrogens is 310 g/mol. The average molecular weight is 324 g/mol. The van der Waals surface area contributed by atoms with Gasteiger partial charge in [0.15, 0.2) is 0 Å². The average Bonchev–Trinajstić information content (AvgIpc) is 2.33. The first kappa shape index (κ1) is 16.7. The fraction of sp³-hybridized carbons (Fsp3) is 0.455. The molecule has 0 aliphatic heterocycles. The third kappa shape index (κ3) is 4.95. The van der Waals surface area contributed by atoms with Crippen LogP contribution in [0.3, 0.4) is 0 Å². The van der Waals surface area contributed by atoms with Gasteiger partial charge in [-0.3, -0.25) is 10.1 Å². The maximum absolute atomic E-state index is 11.4. The maximum Gasteiger partial charge on any atom is 0.271 e. The number of nitro benzene ring substituents is 1. The molecule has 1 rings (SSSR count). The number of nitrogens with zero attached hydrogens (tertiary/aromatic N) is 1. The SMILES string of the molecule is CC(C)OCCOc1ccc([N+](=O)[O-])cc1S(=O)(=O)Cl. The number of hydrogen-bond donors (Lipinski definition) is 0. The lowest BCUT2D eigenvalue weighted by Crippen LogP contribution is -2.12. The molecule has 0 saturated heterocycles. The topological polar surface area (TPSA) is 95.7 Å². The first-order valence-corrected chi connectivity index (χ1v) is 8.00. The van der Waals surface area contributed by atoms with Gasteiger partial charge in [0.25, 0.3) is 14.7 Å². The minimum Gasteiger partial charge on any atom is -0.490 e. The number of halogens is 1. The van der Waals surface area contributed by atoms with Crippen molar-refractivity contribution in [2.45, 2.75) is 24.8 Å². The highest BCUT2D eigenvalue weighted by Crippen LogP contribution is 2.30. The molecule has 0 aliphatic carbocycles. The molecule has 0 aliphatic rings. The first-order chi connectivity index (χ1) is 9.21. The van der Waals surface area contributed by atoms with Gasteiger partial charge < -0.3 is 9.47 Å². The Labute approximate surface area is 121 Å². The predicted octanol–water partition coefficient (Wildman–Crippen LogP) is 2.33. The molecule has 0 heterocycles. The Morgan fingerprint density at radius 2 is 2.00 bits per heavy atom. The van der Waals surface area contributed by atoms with E-state index in [1.54, 1.807) is 0 Å². The van der Waals surface area contributed by atoms with Gasteiger partial charge in [0.1, 0.15) is 17.3 Å². The van der Waals surface area contributed by atoms with Crippen LogP contribution in [0.1, 0.15) is 13.8 Å². The Bertz CT molecular complexity index is 587. The summed E-state index contributed by atoms with van der Waals surface area (Å²) in [5, 5.41) is 10.6. The molecule has 0 amide bonds. The van der Waals surface area contributed by atoms with Crippen LogP contribution in [0.5, 0.6) is 5.75 Å². The van der Waals surface area contributed by atoms with Gasteiger partial charge in [0, 0.05) is 22.8 Å². The fourth-order valence-electron chi connectivity index (χ4n) is 1.36. The molecule has 1 aromatic rings.